The van der Waals surface area contributed by atoms with Gasteiger partial charge in [0.05, 0.1) is 19.8 Å². The van der Waals surface area contributed by atoms with E-state index in [4.69, 9.17) is 4.74 Å². The molecule has 82 valence electrons. The van der Waals surface area contributed by atoms with E-state index in [9.17, 15) is 13.6 Å². The van der Waals surface area contributed by atoms with Crippen molar-refractivity contribution in [2.45, 2.75) is 6.43 Å². The molecule has 0 amide bonds. The van der Waals surface area contributed by atoms with Crippen LogP contribution in [0.4, 0.5) is 8.78 Å². The van der Waals surface area contributed by atoms with Crippen LogP contribution in [0.3, 0.4) is 0 Å². The van der Waals surface area contributed by atoms with Gasteiger partial charge in [-0.25, -0.2) is 13.8 Å². The summed E-state index contributed by atoms with van der Waals surface area (Å²) in [7, 11) is 2.42. The Bertz CT molecular complexity index is 369. The SMILES string of the molecule is COc1ncc(C=O)c(OC)c1C(F)F. The molecule has 4 nitrogen and oxygen atoms in total. The van der Waals surface area contributed by atoms with Gasteiger partial charge in [0, 0.05) is 6.20 Å². The molecule has 0 aliphatic heterocycles. The van der Waals surface area contributed by atoms with Gasteiger partial charge in [-0.2, -0.15) is 0 Å². The van der Waals surface area contributed by atoms with Gasteiger partial charge in [-0.1, -0.05) is 0 Å². The van der Waals surface area contributed by atoms with Crippen molar-refractivity contribution >= 4 is 6.29 Å². The summed E-state index contributed by atoms with van der Waals surface area (Å²) in [5.74, 6) is -0.445. The van der Waals surface area contributed by atoms with E-state index in [1.54, 1.807) is 0 Å². The number of aldehydes is 1. The zero-order chi connectivity index (χ0) is 11.4. The number of ether oxygens (including phenoxy) is 2. The molecule has 0 unspecified atom stereocenters. The second-order valence-corrected chi connectivity index (χ2v) is 2.59. The molecule has 0 bridgehead atoms. The largest absolute Gasteiger partial charge is 0.495 e. The number of carbonyl (C=O) groups excluding carboxylic acids is 1. The Labute approximate surface area is 84.8 Å². The van der Waals surface area contributed by atoms with Crippen LogP contribution in [-0.4, -0.2) is 25.5 Å². The smallest absolute Gasteiger partial charge is 0.272 e. The fourth-order valence-corrected chi connectivity index (χ4v) is 1.18. The zero-order valence-corrected chi connectivity index (χ0v) is 8.16. The quantitative estimate of drug-likeness (QED) is 0.722. The van der Waals surface area contributed by atoms with E-state index in [1.165, 1.54) is 14.2 Å². The van der Waals surface area contributed by atoms with Crippen LogP contribution in [0.5, 0.6) is 11.6 Å². The molecular weight excluding hydrogens is 208 g/mol. The summed E-state index contributed by atoms with van der Waals surface area (Å²) in [6.07, 6.45) is -1.30. The number of aromatic nitrogens is 1. The van der Waals surface area contributed by atoms with E-state index in [1.807, 2.05) is 0 Å². The molecule has 1 aromatic rings. The average Bonchev–Trinajstić information content (AvgIpc) is 2.26. The molecule has 0 N–H and O–H groups in total. The summed E-state index contributed by atoms with van der Waals surface area (Å²) in [6.45, 7) is 0. The lowest BCUT2D eigenvalue weighted by molar-refractivity contribution is 0.111. The number of rotatable bonds is 4. The lowest BCUT2D eigenvalue weighted by Gasteiger charge is -2.12. The summed E-state index contributed by atoms with van der Waals surface area (Å²) < 4.78 is 34.7. The Morgan fingerprint density at radius 1 is 1.40 bits per heavy atom. The van der Waals surface area contributed by atoms with Gasteiger partial charge in [-0.05, 0) is 0 Å². The minimum absolute atomic E-state index is 0.0337. The lowest BCUT2D eigenvalue weighted by atomic mass is 10.2. The van der Waals surface area contributed by atoms with Crippen LogP contribution in [0.15, 0.2) is 6.20 Å². The molecule has 0 spiro atoms. The fourth-order valence-electron chi connectivity index (χ4n) is 1.18. The van der Waals surface area contributed by atoms with E-state index >= 15 is 0 Å². The molecule has 0 aliphatic rings. The number of nitrogens with zero attached hydrogens (tertiary/aromatic N) is 1. The summed E-state index contributed by atoms with van der Waals surface area (Å²) in [5, 5.41) is 0. The molecule has 1 rings (SSSR count). The Morgan fingerprint density at radius 2 is 2.07 bits per heavy atom. The van der Waals surface area contributed by atoms with Crippen molar-refractivity contribution in [1.29, 1.82) is 0 Å². The Hall–Kier alpha value is -1.72. The standard InChI is InChI=1S/C9H9F2NO3/c1-14-7-5(4-13)3-12-9(15-2)6(7)8(10)11/h3-4,8H,1-2H3. The highest BCUT2D eigenvalue weighted by molar-refractivity contribution is 5.80. The first-order valence-electron chi connectivity index (χ1n) is 3.99. The van der Waals surface area contributed by atoms with Crippen LogP contribution in [0.25, 0.3) is 0 Å². The normalized spacial score (nSPS) is 10.2. The van der Waals surface area contributed by atoms with Crippen molar-refractivity contribution in [3.8, 4) is 11.6 Å². The van der Waals surface area contributed by atoms with Crippen molar-refractivity contribution < 1.29 is 23.0 Å². The molecule has 0 saturated heterocycles. The van der Waals surface area contributed by atoms with Gasteiger partial charge in [0.25, 0.3) is 6.43 Å². The van der Waals surface area contributed by atoms with Crippen molar-refractivity contribution in [2.24, 2.45) is 0 Å². The topological polar surface area (TPSA) is 48.4 Å². The summed E-state index contributed by atoms with van der Waals surface area (Å²) in [5.41, 5.74) is -0.543. The second kappa shape index (κ2) is 4.68. The number of alkyl halides is 2. The molecule has 0 fully saturated rings. The minimum Gasteiger partial charge on any atom is -0.495 e. The molecule has 15 heavy (non-hydrogen) atoms. The highest BCUT2D eigenvalue weighted by Gasteiger charge is 2.23. The number of pyridine rings is 1. The van der Waals surface area contributed by atoms with Gasteiger partial charge >= 0.3 is 0 Å². The number of carbonyl (C=O) groups is 1. The number of hydrogen-bond acceptors (Lipinski definition) is 4. The van der Waals surface area contributed by atoms with Crippen molar-refractivity contribution in [3.63, 3.8) is 0 Å². The summed E-state index contributed by atoms with van der Waals surface area (Å²) in [6, 6.07) is 0. The van der Waals surface area contributed by atoms with E-state index in [0.29, 0.717) is 6.29 Å². The number of hydrogen-bond donors (Lipinski definition) is 0. The molecule has 0 saturated carbocycles. The summed E-state index contributed by atoms with van der Waals surface area (Å²) >= 11 is 0. The van der Waals surface area contributed by atoms with Crippen LogP contribution in [0.2, 0.25) is 0 Å². The van der Waals surface area contributed by atoms with Crippen LogP contribution in [0, 0.1) is 0 Å². The first kappa shape index (κ1) is 11.4. The fraction of sp³-hybridized carbons (Fsp3) is 0.333. The molecule has 0 aliphatic carbocycles. The Morgan fingerprint density at radius 3 is 2.47 bits per heavy atom. The van der Waals surface area contributed by atoms with E-state index in [0.717, 1.165) is 6.20 Å². The predicted molar refractivity (Wildman–Crippen MR) is 47.7 cm³/mol. The third-order valence-electron chi connectivity index (χ3n) is 1.80. The molecule has 1 aromatic heterocycles. The van der Waals surface area contributed by atoms with Crippen molar-refractivity contribution in [3.05, 3.63) is 17.3 Å². The molecule has 0 atom stereocenters. The van der Waals surface area contributed by atoms with Gasteiger partial charge < -0.3 is 9.47 Å². The Balaban J connectivity index is 3.44. The van der Waals surface area contributed by atoms with Gasteiger partial charge in [-0.15, -0.1) is 0 Å². The molecule has 0 radical (unpaired) electrons. The Kier molecular flexibility index (Phi) is 3.54. The van der Waals surface area contributed by atoms with E-state index in [-0.39, 0.29) is 17.2 Å². The highest BCUT2D eigenvalue weighted by atomic mass is 19.3. The first-order valence-corrected chi connectivity index (χ1v) is 3.99. The molecule has 1 heterocycles. The molecule has 0 aromatic carbocycles. The van der Waals surface area contributed by atoms with Gasteiger partial charge in [0.1, 0.15) is 11.3 Å². The van der Waals surface area contributed by atoms with Crippen molar-refractivity contribution in [1.82, 2.24) is 4.98 Å². The number of methoxy groups -OCH3 is 2. The monoisotopic (exact) mass is 217 g/mol. The van der Waals surface area contributed by atoms with Gasteiger partial charge in [-0.3, -0.25) is 4.79 Å². The second-order valence-electron chi connectivity index (χ2n) is 2.59. The maximum atomic E-state index is 12.7. The third kappa shape index (κ3) is 2.03. The van der Waals surface area contributed by atoms with Crippen LogP contribution in [0.1, 0.15) is 22.3 Å². The van der Waals surface area contributed by atoms with E-state index < -0.39 is 12.0 Å². The highest BCUT2D eigenvalue weighted by Crippen LogP contribution is 2.36. The van der Waals surface area contributed by atoms with Crippen LogP contribution >= 0.6 is 0 Å². The van der Waals surface area contributed by atoms with Gasteiger partial charge in [0.2, 0.25) is 5.88 Å². The average molecular weight is 217 g/mol. The number of halogens is 2. The summed E-state index contributed by atoms with van der Waals surface area (Å²) in [4.78, 5) is 14.1. The zero-order valence-electron chi connectivity index (χ0n) is 8.16. The maximum Gasteiger partial charge on any atom is 0.272 e. The maximum absolute atomic E-state index is 12.7. The molecular formula is C9H9F2NO3. The van der Waals surface area contributed by atoms with Crippen molar-refractivity contribution in [2.75, 3.05) is 14.2 Å². The lowest BCUT2D eigenvalue weighted by Crippen LogP contribution is -2.02. The minimum atomic E-state index is -2.82. The van der Waals surface area contributed by atoms with Crippen LogP contribution in [-0.2, 0) is 0 Å². The van der Waals surface area contributed by atoms with Crippen LogP contribution < -0.4 is 9.47 Å². The first-order chi connectivity index (χ1) is 7.15. The van der Waals surface area contributed by atoms with E-state index in [2.05, 4.69) is 9.72 Å². The predicted octanol–water partition coefficient (Wildman–Crippen LogP) is 1.85. The van der Waals surface area contributed by atoms with Gasteiger partial charge in [0.15, 0.2) is 6.29 Å². The molecule has 6 heteroatoms. The third-order valence-corrected chi connectivity index (χ3v) is 1.80.